The maximum absolute atomic E-state index is 13.0. The van der Waals surface area contributed by atoms with Crippen LogP contribution in [0.2, 0.25) is 0 Å². The molecule has 2 aliphatic rings. The van der Waals surface area contributed by atoms with Crippen LogP contribution in [0.3, 0.4) is 0 Å². The first-order valence-corrected chi connectivity index (χ1v) is 11.2. The molecule has 0 spiro atoms. The van der Waals surface area contributed by atoms with Crippen molar-refractivity contribution in [2.24, 2.45) is 0 Å². The Morgan fingerprint density at radius 2 is 1.81 bits per heavy atom. The molecule has 6 nitrogen and oxygen atoms in total. The van der Waals surface area contributed by atoms with Crippen molar-refractivity contribution in [1.29, 1.82) is 0 Å². The third-order valence-corrected chi connectivity index (χ3v) is 5.98. The number of fused-ring (bicyclic) bond motifs is 1. The van der Waals surface area contributed by atoms with Gasteiger partial charge in [0.15, 0.2) is 6.10 Å². The standard InChI is InChI=1S/C25H30N2O4/c1-2-23(31-20-12-11-18-7-3-4-8-19(18)17-20)24(28)26-22-10-6-5-9-21(22)25(29)27-13-15-30-16-14-27/h5-6,9-12,17,23H,2-4,7-8,13-16H2,1H3,(H,26,28). The third-order valence-electron chi connectivity index (χ3n) is 5.98. The molecule has 2 aromatic carbocycles. The number of benzene rings is 2. The van der Waals surface area contributed by atoms with Crippen LogP contribution >= 0.6 is 0 Å². The number of nitrogens with one attached hydrogen (secondary N) is 1. The molecular weight excluding hydrogens is 392 g/mol. The number of anilines is 1. The van der Waals surface area contributed by atoms with Crippen molar-refractivity contribution in [2.75, 3.05) is 31.6 Å². The first-order chi connectivity index (χ1) is 15.2. The molecule has 31 heavy (non-hydrogen) atoms. The van der Waals surface area contributed by atoms with Crippen LogP contribution in [0.25, 0.3) is 0 Å². The topological polar surface area (TPSA) is 67.9 Å². The fraction of sp³-hybridized carbons (Fsp3) is 0.440. The zero-order valence-electron chi connectivity index (χ0n) is 18.1. The van der Waals surface area contributed by atoms with Gasteiger partial charge in [-0.2, -0.15) is 0 Å². The summed E-state index contributed by atoms with van der Waals surface area (Å²) in [7, 11) is 0. The van der Waals surface area contributed by atoms with Gasteiger partial charge >= 0.3 is 0 Å². The van der Waals surface area contributed by atoms with Crippen molar-refractivity contribution < 1.29 is 19.1 Å². The highest BCUT2D eigenvalue weighted by molar-refractivity contribution is 6.04. The van der Waals surface area contributed by atoms with E-state index in [9.17, 15) is 9.59 Å². The lowest BCUT2D eigenvalue weighted by atomic mass is 9.92. The third kappa shape index (κ3) is 5.07. The van der Waals surface area contributed by atoms with Gasteiger partial charge in [0.2, 0.25) is 0 Å². The summed E-state index contributed by atoms with van der Waals surface area (Å²) in [6.07, 6.45) is 4.50. The van der Waals surface area contributed by atoms with Crippen LogP contribution in [0.1, 0.15) is 47.7 Å². The zero-order chi connectivity index (χ0) is 21.6. The molecule has 4 rings (SSSR count). The Hall–Kier alpha value is -2.86. The van der Waals surface area contributed by atoms with Crippen LogP contribution in [0.4, 0.5) is 5.69 Å². The SMILES string of the molecule is CCC(Oc1ccc2c(c1)CCCC2)C(=O)Nc1ccccc1C(=O)N1CCOCC1. The largest absolute Gasteiger partial charge is 0.481 e. The van der Waals surface area contributed by atoms with E-state index < -0.39 is 6.10 Å². The summed E-state index contributed by atoms with van der Waals surface area (Å²) < 4.78 is 11.4. The molecule has 2 amide bonds. The number of morpholine rings is 1. The Balaban J connectivity index is 1.46. The summed E-state index contributed by atoms with van der Waals surface area (Å²) in [5, 5.41) is 2.92. The number of carbonyl (C=O) groups excluding carboxylic acids is 2. The van der Waals surface area contributed by atoms with Gasteiger partial charge in [0.1, 0.15) is 5.75 Å². The number of amides is 2. The summed E-state index contributed by atoms with van der Waals surface area (Å²) in [4.78, 5) is 27.7. The lowest BCUT2D eigenvalue weighted by Gasteiger charge is -2.27. The average Bonchev–Trinajstić information content (AvgIpc) is 2.82. The lowest BCUT2D eigenvalue weighted by molar-refractivity contribution is -0.122. The molecule has 1 heterocycles. The lowest BCUT2D eigenvalue weighted by Crippen LogP contribution is -2.41. The van der Waals surface area contributed by atoms with E-state index in [0.717, 1.165) is 18.6 Å². The van der Waals surface area contributed by atoms with Crippen LogP contribution < -0.4 is 10.1 Å². The van der Waals surface area contributed by atoms with Crippen molar-refractivity contribution in [1.82, 2.24) is 4.90 Å². The average molecular weight is 423 g/mol. The highest BCUT2D eigenvalue weighted by Crippen LogP contribution is 2.26. The van der Waals surface area contributed by atoms with Crippen LogP contribution in [0.5, 0.6) is 5.75 Å². The Kier molecular flexibility index (Phi) is 6.87. The second-order valence-corrected chi connectivity index (χ2v) is 8.09. The molecule has 0 aromatic heterocycles. The van der Waals surface area contributed by atoms with Crippen molar-refractivity contribution in [3.63, 3.8) is 0 Å². The number of para-hydroxylation sites is 1. The number of carbonyl (C=O) groups is 2. The Morgan fingerprint density at radius 1 is 1.06 bits per heavy atom. The van der Waals surface area contributed by atoms with E-state index in [4.69, 9.17) is 9.47 Å². The molecule has 1 unspecified atom stereocenters. The van der Waals surface area contributed by atoms with E-state index in [-0.39, 0.29) is 11.8 Å². The van der Waals surface area contributed by atoms with Gasteiger partial charge < -0.3 is 19.7 Å². The number of rotatable bonds is 6. The van der Waals surface area contributed by atoms with Crippen molar-refractivity contribution in [2.45, 2.75) is 45.1 Å². The van der Waals surface area contributed by atoms with Gasteiger partial charge in [0.25, 0.3) is 11.8 Å². The highest BCUT2D eigenvalue weighted by Gasteiger charge is 2.24. The Bertz CT molecular complexity index is 937. The normalized spacial score (nSPS) is 16.9. The molecule has 6 heteroatoms. The summed E-state index contributed by atoms with van der Waals surface area (Å²) in [5.41, 5.74) is 3.70. The van der Waals surface area contributed by atoms with E-state index in [1.54, 1.807) is 17.0 Å². The van der Waals surface area contributed by atoms with Gasteiger partial charge in [-0.05, 0) is 67.5 Å². The van der Waals surface area contributed by atoms with Gasteiger partial charge in [0.05, 0.1) is 24.5 Å². The van der Waals surface area contributed by atoms with E-state index in [0.29, 0.717) is 44.0 Å². The van der Waals surface area contributed by atoms with Crippen LogP contribution in [0, 0.1) is 0 Å². The highest BCUT2D eigenvalue weighted by atomic mass is 16.5. The Labute approximate surface area is 183 Å². The quantitative estimate of drug-likeness (QED) is 0.768. The van der Waals surface area contributed by atoms with E-state index >= 15 is 0 Å². The fourth-order valence-corrected chi connectivity index (χ4v) is 4.20. The second kappa shape index (κ2) is 9.96. The van der Waals surface area contributed by atoms with E-state index in [2.05, 4.69) is 17.4 Å². The molecule has 164 valence electrons. The number of hydrogen-bond acceptors (Lipinski definition) is 4. The molecule has 1 saturated heterocycles. The second-order valence-electron chi connectivity index (χ2n) is 8.09. The van der Waals surface area contributed by atoms with Gasteiger partial charge in [-0.1, -0.05) is 25.1 Å². The predicted octanol–water partition coefficient (Wildman–Crippen LogP) is 3.83. The summed E-state index contributed by atoms with van der Waals surface area (Å²) in [6, 6.07) is 13.3. The molecular formula is C25H30N2O4. The van der Waals surface area contributed by atoms with Gasteiger partial charge in [-0.15, -0.1) is 0 Å². The predicted molar refractivity (Wildman–Crippen MR) is 120 cm³/mol. The monoisotopic (exact) mass is 422 g/mol. The van der Waals surface area contributed by atoms with Crippen molar-refractivity contribution in [3.05, 3.63) is 59.2 Å². The maximum Gasteiger partial charge on any atom is 0.265 e. The molecule has 1 fully saturated rings. The minimum atomic E-state index is -0.631. The minimum absolute atomic E-state index is 0.0946. The number of ether oxygens (including phenoxy) is 2. The molecule has 1 aliphatic heterocycles. The first-order valence-electron chi connectivity index (χ1n) is 11.2. The van der Waals surface area contributed by atoms with Crippen LogP contribution in [-0.4, -0.2) is 49.1 Å². The van der Waals surface area contributed by atoms with Gasteiger partial charge in [-0.3, -0.25) is 9.59 Å². The summed E-state index contributed by atoms with van der Waals surface area (Å²) >= 11 is 0. The van der Waals surface area contributed by atoms with Crippen molar-refractivity contribution in [3.8, 4) is 5.75 Å². The van der Waals surface area contributed by atoms with Gasteiger partial charge in [0, 0.05) is 13.1 Å². The number of aryl methyl sites for hydroxylation is 2. The Morgan fingerprint density at radius 3 is 2.58 bits per heavy atom. The maximum atomic E-state index is 13.0. The minimum Gasteiger partial charge on any atom is -0.481 e. The van der Waals surface area contributed by atoms with Crippen LogP contribution in [0.15, 0.2) is 42.5 Å². The van der Waals surface area contributed by atoms with E-state index in [1.807, 2.05) is 25.1 Å². The smallest absolute Gasteiger partial charge is 0.265 e. The van der Waals surface area contributed by atoms with Crippen molar-refractivity contribution >= 4 is 17.5 Å². The molecule has 2 aromatic rings. The first kappa shape index (κ1) is 21.4. The number of hydrogen-bond donors (Lipinski definition) is 1. The number of nitrogens with zero attached hydrogens (tertiary/aromatic N) is 1. The summed E-state index contributed by atoms with van der Waals surface area (Å²) in [6.45, 7) is 4.10. The molecule has 1 atom stereocenters. The van der Waals surface area contributed by atoms with E-state index in [1.165, 1.54) is 24.0 Å². The van der Waals surface area contributed by atoms with Crippen LogP contribution in [-0.2, 0) is 22.4 Å². The zero-order valence-corrected chi connectivity index (χ0v) is 18.1. The molecule has 0 bridgehead atoms. The molecule has 1 N–H and O–H groups in total. The van der Waals surface area contributed by atoms with Gasteiger partial charge in [-0.25, -0.2) is 0 Å². The molecule has 0 radical (unpaired) electrons. The molecule has 0 saturated carbocycles. The summed E-state index contributed by atoms with van der Waals surface area (Å²) in [5.74, 6) is 0.380. The molecule has 1 aliphatic carbocycles. The fourth-order valence-electron chi connectivity index (χ4n) is 4.20.